The van der Waals surface area contributed by atoms with Crippen molar-refractivity contribution in [3.05, 3.63) is 20.8 Å². The van der Waals surface area contributed by atoms with E-state index in [9.17, 15) is 9.59 Å². The summed E-state index contributed by atoms with van der Waals surface area (Å²) in [4.78, 5) is 32.4. The Kier molecular flexibility index (Phi) is 2.51. The maximum Gasteiger partial charge on any atom is 0.330 e. The number of nitrogens with two attached hydrogens (primary N) is 1. The van der Waals surface area contributed by atoms with Gasteiger partial charge in [0.25, 0.3) is 5.56 Å². The molecule has 0 saturated carbocycles. The van der Waals surface area contributed by atoms with Crippen molar-refractivity contribution < 1.29 is 0 Å². The number of nitrogen functional groups attached to an aromatic ring is 1. The Morgan fingerprint density at radius 1 is 1.38 bits per heavy atom. The molecule has 2 rings (SSSR count). The summed E-state index contributed by atoms with van der Waals surface area (Å²) in [6.45, 7) is 2.39. The maximum atomic E-state index is 11.9. The van der Waals surface area contributed by atoms with Crippen LogP contribution in [0.25, 0.3) is 11.2 Å². The van der Waals surface area contributed by atoms with Gasteiger partial charge in [-0.3, -0.25) is 14.3 Å². The fourth-order valence-electron chi connectivity index (χ4n) is 1.55. The molecule has 86 valence electrons. The normalized spacial score (nSPS) is 11.1. The van der Waals surface area contributed by atoms with E-state index >= 15 is 0 Å². The second kappa shape index (κ2) is 3.84. The average Bonchev–Trinajstić information content (AvgIpc) is 2.59. The molecule has 0 radical (unpaired) electrons. The standard InChI is InChI=1S/C9H13N5O2/c1-2-3-4-14-7(15)5-6(13-9(14)16)12-8(10)11-5/h2-4H2,1H3,(H,13,16)(H3,10,11,12). The molecule has 2 aromatic heterocycles. The second-order valence-electron chi connectivity index (χ2n) is 3.59. The van der Waals surface area contributed by atoms with Gasteiger partial charge in [-0.25, -0.2) is 4.79 Å². The Morgan fingerprint density at radius 3 is 2.81 bits per heavy atom. The zero-order valence-electron chi connectivity index (χ0n) is 8.91. The molecule has 0 aliphatic rings. The highest BCUT2D eigenvalue weighted by Crippen LogP contribution is 2.02. The van der Waals surface area contributed by atoms with Crippen molar-refractivity contribution in [2.45, 2.75) is 26.3 Å². The van der Waals surface area contributed by atoms with Crippen LogP contribution in [0, 0.1) is 0 Å². The number of H-pyrrole nitrogens is 2. The second-order valence-corrected chi connectivity index (χ2v) is 3.59. The number of aromatic amines is 2. The molecular weight excluding hydrogens is 210 g/mol. The highest BCUT2D eigenvalue weighted by molar-refractivity contribution is 5.71. The van der Waals surface area contributed by atoms with Crippen molar-refractivity contribution in [3.63, 3.8) is 0 Å². The predicted molar refractivity (Wildman–Crippen MR) is 60.3 cm³/mol. The molecule has 2 heterocycles. The van der Waals surface area contributed by atoms with Crippen LogP contribution in [0.4, 0.5) is 5.95 Å². The van der Waals surface area contributed by atoms with Crippen molar-refractivity contribution >= 4 is 17.1 Å². The number of nitrogens with zero attached hydrogens (tertiary/aromatic N) is 2. The first-order valence-corrected chi connectivity index (χ1v) is 5.11. The van der Waals surface area contributed by atoms with E-state index in [1.807, 2.05) is 6.92 Å². The molecule has 16 heavy (non-hydrogen) atoms. The SMILES string of the molecule is CCCCn1c(=O)[nH]c2nc(N)[nH]c2c1=O. The van der Waals surface area contributed by atoms with E-state index in [1.165, 1.54) is 0 Å². The number of nitrogens with one attached hydrogen (secondary N) is 2. The molecule has 0 atom stereocenters. The average molecular weight is 223 g/mol. The monoisotopic (exact) mass is 223 g/mol. The summed E-state index contributed by atoms with van der Waals surface area (Å²) < 4.78 is 1.16. The van der Waals surface area contributed by atoms with Gasteiger partial charge in [-0.2, -0.15) is 4.98 Å². The third kappa shape index (κ3) is 1.60. The summed E-state index contributed by atoms with van der Waals surface area (Å²) in [6.07, 6.45) is 1.69. The lowest BCUT2D eigenvalue weighted by Gasteiger charge is -2.01. The number of fused-ring (bicyclic) bond motifs is 1. The molecule has 0 amide bonds. The van der Waals surface area contributed by atoms with Gasteiger partial charge in [0.15, 0.2) is 17.1 Å². The van der Waals surface area contributed by atoms with Crippen LogP contribution < -0.4 is 17.0 Å². The van der Waals surface area contributed by atoms with Gasteiger partial charge < -0.3 is 10.7 Å². The van der Waals surface area contributed by atoms with Crippen LogP contribution in [0.5, 0.6) is 0 Å². The molecule has 0 unspecified atom stereocenters. The van der Waals surface area contributed by atoms with E-state index in [0.29, 0.717) is 6.54 Å². The van der Waals surface area contributed by atoms with Crippen molar-refractivity contribution in [2.75, 3.05) is 5.73 Å². The molecule has 0 bridgehead atoms. The third-order valence-electron chi connectivity index (χ3n) is 2.39. The minimum atomic E-state index is -0.447. The van der Waals surface area contributed by atoms with Crippen molar-refractivity contribution in [3.8, 4) is 0 Å². The third-order valence-corrected chi connectivity index (χ3v) is 2.39. The Morgan fingerprint density at radius 2 is 2.12 bits per heavy atom. The molecule has 0 fully saturated rings. The molecule has 0 aliphatic heterocycles. The van der Waals surface area contributed by atoms with E-state index in [2.05, 4.69) is 15.0 Å². The summed E-state index contributed by atoms with van der Waals surface area (Å²) >= 11 is 0. The number of rotatable bonds is 3. The number of imidazole rings is 1. The van der Waals surface area contributed by atoms with Crippen LogP contribution in [0.1, 0.15) is 19.8 Å². The summed E-state index contributed by atoms with van der Waals surface area (Å²) in [5.74, 6) is 0.121. The lowest BCUT2D eigenvalue weighted by Crippen LogP contribution is -2.35. The van der Waals surface area contributed by atoms with Crippen LogP contribution in [0.15, 0.2) is 9.59 Å². The number of aromatic nitrogens is 4. The Hall–Kier alpha value is -2.05. The van der Waals surface area contributed by atoms with E-state index in [1.54, 1.807) is 0 Å². The molecule has 0 spiro atoms. The van der Waals surface area contributed by atoms with Gasteiger partial charge in [-0.1, -0.05) is 13.3 Å². The first-order chi connectivity index (χ1) is 7.63. The molecule has 4 N–H and O–H groups in total. The lowest BCUT2D eigenvalue weighted by atomic mass is 10.3. The molecule has 0 aromatic carbocycles. The van der Waals surface area contributed by atoms with E-state index in [-0.39, 0.29) is 22.7 Å². The van der Waals surface area contributed by atoms with Gasteiger partial charge in [-0.15, -0.1) is 0 Å². The van der Waals surface area contributed by atoms with E-state index < -0.39 is 5.69 Å². The van der Waals surface area contributed by atoms with Crippen LogP contribution in [0.2, 0.25) is 0 Å². The Balaban J connectivity index is 2.65. The van der Waals surface area contributed by atoms with Crippen LogP contribution in [-0.4, -0.2) is 19.5 Å². The van der Waals surface area contributed by atoms with Gasteiger partial charge in [0.05, 0.1) is 0 Å². The van der Waals surface area contributed by atoms with Gasteiger partial charge in [0.2, 0.25) is 0 Å². The molecular formula is C9H13N5O2. The summed E-state index contributed by atoms with van der Waals surface area (Å²) in [6, 6.07) is 0. The van der Waals surface area contributed by atoms with Crippen LogP contribution in [-0.2, 0) is 6.54 Å². The quantitative estimate of drug-likeness (QED) is 0.669. The lowest BCUT2D eigenvalue weighted by molar-refractivity contribution is 0.588. The Labute approximate surface area is 90.3 Å². The van der Waals surface area contributed by atoms with Crippen LogP contribution >= 0.6 is 0 Å². The zero-order chi connectivity index (χ0) is 11.7. The largest absolute Gasteiger partial charge is 0.369 e. The topological polar surface area (TPSA) is 110 Å². The summed E-state index contributed by atoms with van der Waals surface area (Å²) in [5.41, 5.74) is 5.05. The smallest absolute Gasteiger partial charge is 0.330 e. The fraction of sp³-hybridized carbons (Fsp3) is 0.444. The molecule has 7 heteroatoms. The highest BCUT2D eigenvalue weighted by Gasteiger charge is 2.10. The zero-order valence-corrected chi connectivity index (χ0v) is 8.91. The first-order valence-electron chi connectivity index (χ1n) is 5.11. The van der Waals surface area contributed by atoms with Crippen molar-refractivity contribution in [1.29, 1.82) is 0 Å². The predicted octanol–water partition coefficient (Wildman–Crippen LogP) is -0.205. The summed E-state index contributed by atoms with van der Waals surface area (Å²) in [7, 11) is 0. The molecule has 0 saturated heterocycles. The summed E-state index contributed by atoms with van der Waals surface area (Å²) in [5, 5.41) is 0. The van der Waals surface area contributed by atoms with Gasteiger partial charge >= 0.3 is 5.69 Å². The van der Waals surface area contributed by atoms with Gasteiger partial charge in [0.1, 0.15) is 0 Å². The van der Waals surface area contributed by atoms with Gasteiger partial charge in [-0.05, 0) is 6.42 Å². The first kappa shape index (κ1) is 10.5. The number of hydrogen-bond donors (Lipinski definition) is 3. The molecule has 2 aromatic rings. The number of anilines is 1. The minimum absolute atomic E-state index is 0.121. The Bertz CT molecular complexity index is 621. The number of unbranched alkanes of at least 4 members (excludes halogenated alkanes) is 1. The number of hydrogen-bond acceptors (Lipinski definition) is 4. The highest BCUT2D eigenvalue weighted by atomic mass is 16.2. The van der Waals surface area contributed by atoms with E-state index in [4.69, 9.17) is 5.73 Å². The minimum Gasteiger partial charge on any atom is -0.369 e. The van der Waals surface area contributed by atoms with Crippen molar-refractivity contribution in [1.82, 2.24) is 19.5 Å². The molecule has 7 nitrogen and oxygen atoms in total. The maximum absolute atomic E-state index is 11.9. The van der Waals surface area contributed by atoms with Crippen LogP contribution in [0.3, 0.4) is 0 Å². The van der Waals surface area contributed by atoms with E-state index in [0.717, 1.165) is 17.4 Å². The molecule has 0 aliphatic carbocycles. The fourth-order valence-corrected chi connectivity index (χ4v) is 1.55. The van der Waals surface area contributed by atoms with Gasteiger partial charge in [0, 0.05) is 6.54 Å². The van der Waals surface area contributed by atoms with Crippen molar-refractivity contribution in [2.24, 2.45) is 0 Å².